The van der Waals surface area contributed by atoms with Gasteiger partial charge >= 0.3 is 0 Å². The second-order valence-corrected chi connectivity index (χ2v) is 5.78. The molecule has 0 radical (unpaired) electrons. The zero-order chi connectivity index (χ0) is 20.7. The lowest BCUT2D eigenvalue weighted by atomic mass is 10.2. The zero-order valence-corrected chi connectivity index (χ0v) is 16.2. The first-order chi connectivity index (χ1) is 13.4. The summed E-state index contributed by atoms with van der Waals surface area (Å²) in [7, 11) is 2.84. The van der Waals surface area contributed by atoms with Crippen LogP contribution in [-0.4, -0.2) is 40.2 Å². The molecule has 0 fully saturated rings. The van der Waals surface area contributed by atoms with Crippen molar-refractivity contribution >= 4 is 23.4 Å². The topological polar surface area (TPSA) is 126 Å². The molecule has 1 aromatic heterocycles. The van der Waals surface area contributed by atoms with Crippen LogP contribution in [0.5, 0.6) is 23.1 Å². The number of nitrogens with zero attached hydrogens (tertiary/aromatic N) is 2. The van der Waals surface area contributed by atoms with E-state index >= 15 is 0 Å². The molecule has 28 heavy (non-hydrogen) atoms. The number of methoxy groups -OCH3 is 1. The van der Waals surface area contributed by atoms with Gasteiger partial charge in [0.2, 0.25) is 5.75 Å². The van der Waals surface area contributed by atoms with Crippen LogP contribution in [0, 0.1) is 0 Å². The van der Waals surface area contributed by atoms with Crippen LogP contribution < -0.4 is 20.4 Å². The van der Waals surface area contributed by atoms with Crippen molar-refractivity contribution in [1.82, 2.24) is 20.8 Å². The van der Waals surface area contributed by atoms with Crippen molar-refractivity contribution in [1.29, 1.82) is 0 Å². The lowest BCUT2D eigenvalue weighted by Crippen LogP contribution is -2.25. The smallest absolute Gasteiger partial charge is 0.274 e. The molecule has 1 amide bonds. The van der Waals surface area contributed by atoms with Crippen LogP contribution in [0.4, 0.5) is 0 Å². The van der Waals surface area contributed by atoms with E-state index in [0.717, 1.165) is 0 Å². The first-order valence-electron chi connectivity index (χ1n) is 8.02. The predicted molar refractivity (Wildman–Crippen MR) is 106 cm³/mol. The molecule has 0 atom stereocenters. The summed E-state index contributed by atoms with van der Waals surface area (Å²) in [6.07, 6.45) is 3.01. The van der Waals surface area contributed by atoms with E-state index in [1.165, 1.54) is 32.4 Å². The molecule has 0 aliphatic heterocycles. The van der Waals surface area contributed by atoms with Crippen molar-refractivity contribution in [3.05, 3.63) is 54.0 Å². The van der Waals surface area contributed by atoms with Crippen LogP contribution in [0.15, 0.2) is 36.9 Å². The number of hydrogen-bond acceptors (Lipinski definition) is 9. The lowest BCUT2D eigenvalue weighted by Gasteiger charge is -2.13. The maximum Gasteiger partial charge on any atom is 0.274 e. The fourth-order valence-electron chi connectivity index (χ4n) is 2.23. The fourth-order valence-corrected chi connectivity index (χ4v) is 2.43. The lowest BCUT2D eigenvalue weighted by molar-refractivity contribution is 0.0941. The second kappa shape index (κ2) is 9.62. The number of allylic oxidation sites excluding steroid dienone is 2. The van der Waals surface area contributed by atoms with E-state index < -0.39 is 11.7 Å². The number of hydroxylamine groups is 1. The van der Waals surface area contributed by atoms with Crippen LogP contribution in [0.25, 0.3) is 4.91 Å². The number of phenols is 1. The average molecular weight is 404 g/mol. The average Bonchev–Trinajstić information content (AvgIpc) is 2.68. The number of para-hydroxylation sites is 1. The van der Waals surface area contributed by atoms with Gasteiger partial charge in [-0.15, -0.1) is 12.6 Å². The van der Waals surface area contributed by atoms with Gasteiger partial charge in [0.1, 0.15) is 0 Å². The van der Waals surface area contributed by atoms with Crippen molar-refractivity contribution in [2.24, 2.45) is 0 Å². The highest BCUT2D eigenvalue weighted by Gasteiger charge is 2.21. The molecule has 1 aromatic carbocycles. The summed E-state index contributed by atoms with van der Waals surface area (Å²) in [5.74, 6) is -1.20. The summed E-state index contributed by atoms with van der Waals surface area (Å²) >= 11 is 4.24. The van der Waals surface area contributed by atoms with Gasteiger partial charge < -0.3 is 25.1 Å². The standard InChI is InChI=1S/C18H20N4O5S/c1-4-6-12(28)16-21-13(14(24)18(22-16)26-3)17(25)20-9-10-7-5-8-11(23)15(10)27-19-2/h4-8,19,23-24,28H,1,9H2,2-3H3,(H,20,25)/b12-6-. The summed E-state index contributed by atoms with van der Waals surface area (Å²) in [5, 5.41) is 22.7. The molecule has 2 rings (SSSR count). The Balaban J connectivity index is 2.32. The minimum Gasteiger partial charge on any atom is -0.504 e. The van der Waals surface area contributed by atoms with Crippen molar-refractivity contribution in [3.63, 3.8) is 0 Å². The summed E-state index contributed by atoms with van der Waals surface area (Å²) in [6.45, 7) is 3.56. The summed E-state index contributed by atoms with van der Waals surface area (Å²) < 4.78 is 5.00. The molecule has 10 heteroatoms. The van der Waals surface area contributed by atoms with Gasteiger partial charge in [0.05, 0.1) is 7.11 Å². The number of carbonyl (C=O) groups excluding carboxylic acids is 1. The highest BCUT2D eigenvalue weighted by molar-refractivity contribution is 7.90. The zero-order valence-electron chi connectivity index (χ0n) is 15.3. The van der Waals surface area contributed by atoms with Gasteiger partial charge in [0, 0.05) is 24.1 Å². The molecule has 0 aliphatic rings. The maximum absolute atomic E-state index is 12.6. The van der Waals surface area contributed by atoms with Gasteiger partial charge in [-0.3, -0.25) is 4.79 Å². The first kappa shape index (κ1) is 21.1. The number of amides is 1. The molecular formula is C18H20N4O5S. The molecule has 9 nitrogen and oxygen atoms in total. The summed E-state index contributed by atoms with van der Waals surface area (Å²) in [6, 6.07) is 4.72. The van der Waals surface area contributed by atoms with Crippen molar-refractivity contribution < 1.29 is 24.6 Å². The number of aromatic hydroxyl groups is 2. The third-order valence-corrected chi connectivity index (χ3v) is 3.83. The Morgan fingerprint density at radius 3 is 2.75 bits per heavy atom. The number of hydrogen-bond donors (Lipinski definition) is 5. The van der Waals surface area contributed by atoms with Crippen molar-refractivity contribution in [3.8, 4) is 23.1 Å². The van der Waals surface area contributed by atoms with Crippen LogP contribution in [0.1, 0.15) is 21.9 Å². The van der Waals surface area contributed by atoms with E-state index in [9.17, 15) is 15.0 Å². The van der Waals surface area contributed by atoms with Crippen LogP contribution in [-0.2, 0) is 6.54 Å². The number of ether oxygens (including phenoxy) is 1. The monoisotopic (exact) mass is 404 g/mol. The molecule has 4 N–H and O–H groups in total. The Hall–Kier alpha value is -3.24. The first-order valence-corrected chi connectivity index (χ1v) is 8.47. The Kier molecular flexibility index (Phi) is 7.24. The number of nitrogens with one attached hydrogen (secondary N) is 2. The minimum absolute atomic E-state index is 0.00156. The number of carbonyl (C=O) groups is 1. The van der Waals surface area contributed by atoms with Crippen LogP contribution >= 0.6 is 12.6 Å². The van der Waals surface area contributed by atoms with E-state index in [0.29, 0.717) is 10.5 Å². The maximum atomic E-state index is 12.6. The van der Waals surface area contributed by atoms with Gasteiger partial charge in [-0.25, -0.2) is 4.98 Å². The van der Waals surface area contributed by atoms with Gasteiger partial charge in [0.15, 0.2) is 23.0 Å². The molecule has 0 saturated heterocycles. The van der Waals surface area contributed by atoms with Crippen LogP contribution in [0.3, 0.4) is 0 Å². The highest BCUT2D eigenvalue weighted by Crippen LogP contribution is 2.31. The SMILES string of the molecule is C=C/C=C(\S)c1nc(OC)c(O)c(C(=O)NCc2cccc(O)c2ONC)n1. The van der Waals surface area contributed by atoms with Crippen molar-refractivity contribution in [2.75, 3.05) is 14.2 Å². The molecule has 0 bridgehead atoms. The Bertz CT molecular complexity index is 917. The Labute approximate surface area is 167 Å². The number of benzene rings is 1. The summed E-state index contributed by atoms with van der Waals surface area (Å²) in [4.78, 5) is 26.1. The Morgan fingerprint density at radius 2 is 2.11 bits per heavy atom. The minimum atomic E-state index is -0.682. The third kappa shape index (κ3) is 4.72. The number of phenolic OH excluding ortho intramolecular Hbond substituents is 1. The molecule has 148 valence electrons. The molecule has 0 saturated carbocycles. The Morgan fingerprint density at radius 1 is 1.36 bits per heavy atom. The van der Waals surface area contributed by atoms with E-state index in [1.54, 1.807) is 12.1 Å². The molecule has 0 unspecified atom stereocenters. The predicted octanol–water partition coefficient (Wildman–Crippen LogP) is 1.80. The number of rotatable bonds is 8. The number of aromatic nitrogens is 2. The molecule has 0 spiro atoms. The fraction of sp³-hybridized carbons (Fsp3) is 0.167. The normalized spacial score (nSPS) is 11.0. The van der Waals surface area contributed by atoms with Gasteiger partial charge in [-0.1, -0.05) is 24.8 Å². The van der Waals surface area contributed by atoms with E-state index in [-0.39, 0.29) is 35.4 Å². The highest BCUT2D eigenvalue weighted by atomic mass is 32.1. The van der Waals surface area contributed by atoms with Gasteiger partial charge in [-0.2, -0.15) is 10.5 Å². The van der Waals surface area contributed by atoms with E-state index in [1.807, 2.05) is 0 Å². The molecular weight excluding hydrogens is 384 g/mol. The quantitative estimate of drug-likeness (QED) is 0.256. The molecule has 2 aromatic rings. The second-order valence-electron chi connectivity index (χ2n) is 5.30. The molecule has 1 heterocycles. The third-order valence-electron chi connectivity index (χ3n) is 3.48. The van der Waals surface area contributed by atoms with Crippen molar-refractivity contribution in [2.45, 2.75) is 6.54 Å². The molecule has 0 aliphatic carbocycles. The number of thiol groups is 1. The van der Waals surface area contributed by atoms with E-state index in [4.69, 9.17) is 9.57 Å². The van der Waals surface area contributed by atoms with Gasteiger partial charge in [-0.05, 0) is 12.1 Å². The van der Waals surface area contributed by atoms with E-state index in [2.05, 4.69) is 40.0 Å². The van der Waals surface area contributed by atoms with Gasteiger partial charge in [0.25, 0.3) is 11.8 Å². The largest absolute Gasteiger partial charge is 0.504 e. The summed E-state index contributed by atoms with van der Waals surface area (Å²) in [5.41, 5.74) is 2.68. The van der Waals surface area contributed by atoms with Crippen LogP contribution in [0.2, 0.25) is 0 Å².